The number of piperidine rings is 1. The summed E-state index contributed by atoms with van der Waals surface area (Å²) in [5, 5.41) is 27.7. The van der Waals surface area contributed by atoms with E-state index in [4.69, 9.17) is 31.8 Å². The fourth-order valence-electron chi connectivity index (χ4n) is 11.3. The number of nitrogens with one attached hydrogen (secondary N) is 1. The Morgan fingerprint density at radius 1 is 0.957 bits per heavy atom. The number of pyridine rings is 1. The minimum atomic E-state index is -0.560. The van der Waals surface area contributed by atoms with Crippen LogP contribution >= 0.6 is 11.6 Å². The minimum absolute atomic E-state index is 0.0248. The van der Waals surface area contributed by atoms with Gasteiger partial charge in [0.05, 0.1) is 29.0 Å². The predicted molar refractivity (Wildman–Crippen MR) is 273 cm³/mol. The highest BCUT2D eigenvalue weighted by Crippen LogP contribution is 2.58. The van der Waals surface area contributed by atoms with Gasteiger partial charge in [0, 0.05) is 124 Å². The number of primary amides is 1. The molecule has 0 radical (unpaired) electrons. The van der Waals surface area contributed by atoms with Gasteiger partial charge in [0.15, 0.2) is 5.65 Å². The summed E-state index contributed by atoms with van der Waals surface area (Å²) in [4.78, 5) is 40.5. The van der Waals surface area contributed by atoms with E-state index in [0.29, 0.717) is 41.3 Å². The molecule has 2 aliphatic heterocycles. The van der Waals surface area contributed by atoms with Crippen LogP contribution in [-0.2, 0) is 13.0 Å². The van der Waals surface area contributed by atoms with Crippen LogP contribution in [0.4, 0.5) is 17.6 Å². The normalized spacial score (nSPS) is 20.1. The van der Waals surface area contributed by atoms with Crippen LogP contribution in [0.1, 0.15) is 107 Å². The number of carbonyl (C=O) groups is 1. The van der Waals surface area contributed by atoms with E-state index >= 15 is 0 Å². The fraction of sp³-hybridized carbons (Fsp3) is 0.558. The number of amides is 1. The predicted octanol–water partition coefficient (Wildman–Crippen LogP) is 7.01. The molecule has 0 unspecified atom stereocenters. The Labute approximate surface area is 417 Å². The molecule has 1 aromatic carbocycles. The topological polar surface area (TPSA) is 199 Å². The second kappa shape index (κ2) is 22.5. The molecule has 6 heterocycles. The van der Waals surface area contributed by atoms with E-state index in [0.717, 1.165) is 126 Å². The van der Waals surface area contributed by atoms with Crippen molar-refractivity contribution in [3.8, 4) is 17.7 Å². The molecule has 374 valence electrons. The first-order chi connectivity index (χ1) is 33.8. The van der Waals surface area contributed by atoms with E-state index < -0.39 is 5.91 Å². The van der Waals surface area contributed by atoms with Crippen molar-refractivity contribution < 1.29 is 19.4 Å². The van der Waals surface area contributed by atoms with Crippen molar-refractivity contribution in [1.29, 1.82) is 5.26 Å². The zero-order valence-electron chi connectivity index (χ0n) is 41.5. The summed E-state index contributed by atoms with van der Waals surface area (Å²) in [6, 6.07) is 13.7. The Morgan fingerprint density at radius 2 is 1.70 bits per heavy atom. The molecule has 3 fully saturated rings. The number of aliphatic hydroxyl groups excluding tert-OH is 1. The molecule has 18 heteroatoms. The molecule has 17 nitrogen and oxygen atoms in total. The van der Waals surface area contributed by atoms with Crippen molar-refractivity contribution in [3.63, 3.8) is 0 Å². The lowest BCUT2D eigenvalue weighted by Gasteiger charge is -2.66. The van der Waals surface area contributed by atoms with E-state index in [2.05, 4.69) is 97.8 Å². The van der Waals surface area contributed by atoms with Gasteiger partial charge < -0.3 is 45.2 Å². The molecular formula is C52H70ClN13O4. The summed E-state index contributed by atoms with van der Waals surface area (Å²) < 4.78 is 14.6. The first kappa shape index (κ1) is 50.6. The summed E-state index contributed by atoms with van der Waals surface area (Å²) in [6.07, 6.45) is 14.5. The maximum absolute atomic E-state index is 11.9. The monoisotopic (exact) mass is 976 g/mol. The van der Waals surface area contributed by atoms with Crippen LogP contribution in [0.2, 0.25) is 5.02 Å². The van der Waals surface area contributed by atoms with Crippen LogP contribution in [-0.4, -0.2) is 134 Å². The number of aliphatic hydroxyl groups is 1. The van der Waals surface area contributed by atoms with Crippen molar-refractivity contribution in [2.75, 3.05) is 80.7 Å². The number of aryl methyl sites for hydroxylation is 1. The molecule has 2 saturated heterocycles. The van der Waals surface area contributed by atoms with Crippen molar-refractivity contribution >= 4 is 40.7 Å². The number of piperazine rings is 1. The van der Waals surface area contributed by atoms with Gasteiger partial charge >= 0.3 is 0 Å². The molecule has 8 rings (SSSR count). The van der Waals surface area contributed by atoms with Crippen LogP contribution in [0.25, 0.3) is 5.65 Å². The van der Waals surface area contributed by atoms with Gasteiger partial charge in [0.25, 0.3) is 5.91 Å². The molecule has 0 bridgehead atoms. The van der Waals surface area contributed by atoms with Crippen LogP contribution in [0, 0.1) is 22.2 Å². The number of unbranched alkanes of at least 4 members (excludes halogenated alkanes) is 1. The Balaban J connectivity index is 0.772. The molecule has 0 spiro atoms. The molecular weight excluding hydrogens is 906 g/mol. The number of aromatic nitrogens is 6. The van der Waals surface area contributed by atoms with Crippen molar-refractivity contribution in [2.24, 2.45) is 16.6 Å². The maximum atomic E-state index is 11.9. The second-order valence-electron chi connectivity index (χ2n) is 20.2. The number of benzene rings is 1. The van der Waals surface area contributed by atoms with Crippen molar-refractivity contribution in [3.05, 3.63) is 88.5 Å². The third kappa shape index (κ3) is 11.4. The van der Waals surface area contributed by atoms with Crippen LogP contribution in [0.15, 0.2) is 61.2 Å². The first-order valence-electron chi connectivity index (χ1n) is 25.1. The number of anilines is 3. The number of carbonyl (C=O) groups excluding carboxylic acids is 1. The number of hydrogen-bond donors (Lipinski definition) is 3. The summed E-state index contributed by atoms with van der Waals surface area (Å²) in [5.74, 6) is 3.07. The number of fused-ring (bicyclic) bond motifs is 1. The van der Waals surface area contributed by atoms with Crippen LogP contribution < -0.4 is 30.3 Å². The van der Waals surface area contributed by atoms with E-state index in [-0.39, 0.29) is 41.2 Å². The fourth-order valence-corrected chi connectivity index (χ4v) is 11.5. The van der Waals surface area contributed by atoms with Gasteiger partial charge in [-0.1, -0.05) is 52.3 Å². The highest BCUT2D eigenvalue weighted by atomic mass is 35.5. The summed E-state index contributed by atoms with van der Waals surface area (Å²) in [6.45, 7) is 20.0. The van der Waals surface area contributed by atoms with Gasteiger partial charge in [-0.2, -0.15) is 14.9 Å². The SMILES string of the molecule is CCc1cnn2c(NCc3ccc(OCCCN4CCN(CCCCN(c5ncc(C(N)=O)cn5)C5C(C)(C)C(Oc6ccc(C#N)c(Cl)c6)C5(C)C)CC4)nc3)cc(N3CCCC[C@H]3CCO)nc12. The van der Waals surface area contributed by atoms with Gasteiger partial charge in [-0.15, -0.1) is 0 Å². The maximum Gasteiger partial charge on any atom is 0.251 e. The largest absolute Gasteiger partial charge is 0.489 e. The van der Waals surface area contributed by atoms with Crippen molar-refractivity contribution in [2.45, 2.75) is 111 Å². The zero-order chi connectivity index (χ0) is 49.4. The molecule has 4 N–H and O–H groups in total. The highest BCUT2D eigenvalue weighted by molar-refractivity contribution is 6.31. The van der Waals surface area contributed by atoms with Gasteiger partial charge in [0.1, 0.15) is 29.6 Å². The molecule has 5 aromatic rings. The molecule has 1 saturated carbocycles. The third-order valence-electron chi connectivity index (χ3n) is 14.6. The Bertz CT molecular complexity index is 2560. The standard InChI is InChI=1S/C52H70ClN13O4/c1-6-37-35-60-66-43(29-44(61-47(37)66)64-20-8-7-12-40(64)17-26-67)56-31-36-13-16-45(57-32-36)69-27-11-19-63-24-22-62(23-25-63)18-9-10-21-65(50-58-33-39(34-59-50)46(55)68)48-51(2,3)49(52(48,4)5)70-41-15-14-38(30-54)42(53)28-41/h13-16,28-29,32-35,40,48-49,56,67H,6-12,17-27,31H2,1-5H3,(H2,55,68)/t40-,48?,49?/m0/s1. The number of nitrogens with zero attached hydrogens (tertiary/aromatic N) is 11. The van der Waals surface area contributed by atoms with Gasteiger partial charge in [-0.25, -0.2) is 19.9 Å². The number of rotatable bonds is 22. The summed E-state index contributed by atoms with van der Waals surface area (Å²) >= 11 is 6.37. The van der Waals surface area contributed by atoms with Gasteiger partial charge in [0.2, 0.25) is 11.8 Å². The van der Waals surface area contributed by atoms with E-state index in [9.17, 15) is 15.2 Å². The lowest BCUT2D eigenvalue weighted by Crippen LogP contribution is -2.75. The van der Waals surface area contributed by atoms with Crippen LogP contribution in [0.3, 0.4) is 0 Å². The van der Waals surface area contributed by atoms with Gasteiger partial charge in [-0.3, -0.25) is 4.79 Å². The number of ether oxygens (including phenoxy) is 2. The number of halogens is 1. The molecule has 1 amide bonds. The molecule has 4 aromatic heterocycles. The van der Waals surface area contributed by atoms with Crippen LogP contribution in [0.5, 0.6) is 11.6 Å². The molecule has 70 heavy (non-hydrogen) atoms. The zero-order valence-corrected chi connectivity index (χ0v) is 42.2. The second-order valence-corrected chi connectivity index (χ2v) is 20.6. The lowest BCUT2D eigenvalue weighted by molar-refractivity contribution is -0.157. The van der Waals surface area contributed by atoms with E-state index in [1.165, 1.54) is 18.8 Å². The quantitative estimate of drug-likeness (QED) is 0.0598. The average Bonchev–Trinajstić information content (AvgIpc) is 3.79. The Kier molecular flexibility index (Phi) is 16.3. The molecule has 1 atom stereocenters. The van der Waals surface area contributed by atoms with E-state index in [1.807, 2.05) is 23.0 Å². The summed E-state index contributed by atoms with van der Waals surface area (Å²) in [7, 11) is 0. The number of nitrogens with two attached hydrogens (primary N) is 1. The smallest absolute Gasteiger partial charge is 0.251 e. The lowest BCUT2D eigenvalue weighted by atomic mass is 9.49. The Morgan fingerprint density at radius 3 is 2.36 bits per heavy atom. The van der Waals surface area contributed by atoms with Gasteiger partial charge in [-0.05, 0) is 75.6 Å². The van der Waals surface area contributed by atoms with E-state index in [1.54, 1.807) is 18.2 Å². The minimum Gasteiger partial charge on any atom is -0.489 e. The molecule has 3 aliphatic rings. The summed E-state index contributed by atoms with van der Waals surface area (Å²) in [5.41, 5.74) is 8.62. The van der Waals surface area contributed by atoms with Crippen molar-refractivity contribution in [1.82, 2.24) is 39.3 Å². The average molecular weight is 977 g/mol. The molecule has 1 aliphatic carbocycles. The third-order valence-corrected chi connectivity index (χ3v) is 14.9. The highest BCUT2D eigenvalue weighted by Gasteiger charge is 2.66. The Hall–Kier alpha value is -5.80. The number of hydrogen-bond acceptors (Lipinski definition) is 15. The number of nitriles is 1. The first-order valence-corrected chi connectivity index (χ1v) is 25.4.